The standard InChI is InChI=1S/C15H10O2.O3S/c16-15-14(11-7-3-1-4-8-11)12-9-5-2-6-10-13(12)17-15;1-4(2)3/h1-10H;. The van der Waals surface area contributed by atoms with Crippen LogP contribution in [-0.4, -0.2) is 12.6 Å². The van der Waals surface area contributed by atoms with Gasteiger partial charge in [-0.25, -0.2) is 4.79 Å². The number of hydrogen-bond donors (Lipinski definition) is 0. The summed E-state index contributed by atoms with van der Waals surface area (Å²) in [6, 6.07) is 19.0. The molecule has 1 aliphatic heterocycles. The fourth-order valence-corrected chi connectivity index (χ4v) is 1.97. The third-order valence-electron chi connectivity index (χ3n) is 2.74. The van der Waals surface area contributed by atoms with Crippen LogP contribution in [-0.2, 0) is 10.6 Å². The number of fused-ring (bicyclic) bond motifs is 1. The van der Waals surface area contributed by atoms with Crippen molar-refractivity contribution in [3.05, 3.63) is 71.1 Å². The summed E-state index contributed by atoms with van der Waals surface area (Å²) < 4.78 is 30.6. The van der Waals surface area contributed by atoms with Crippen molar-refractivity contribution >= 4 is 10.6 Å². The summed E-state index contributed by atoms with van der Waals surface area (Å²) in [7, 11) is -3.11. The van der Waals surface area contributed by atoms with Crippen molar-refractivity contribution in [2.24, 2.45) is 0 Å². The Hall–Kier alpha value is -2.73. The summed E-state index contributed by atoms with van der Waals surface area (Å²) in [4.78, 5) is 11.9. The van der Waals surface area contributed by atoms with Crippen LogP contribution in [0, 0.1) is 0 Å². The van der Waals surface area contributed by atoms with Crippen molar-refractivity contribution < 1.29 is 17.0 Å². The summed E-state index contributed by atoms with van der Waals surface area (Å²) in [6.45, 7) is 0. The van der Waals surface area contributed by atoms with Crippen molar-refractivity contribution in [2.45, 2.75) is 0 Å². The smallest absolute Gasteiger partial charge is 0.422 e. The van der Waals surface area contributed by atoms with Gasteiger partial charge in [0.15, 0.2) is 0 Å². The van der Waals surface area contributed by atoms with Crippen LogP contribution in [0.1, 0.15) is 0 Å². The minimum atomic E-state index is -3.11. The molecule has 0 saturated carbocycles. The topological polar surface area (TPSA) is 81.4 Å². The van der Waals surface area contributed by atoms with Crippen molar-refractivity contribution in [1.82, 2.24) is 0 Å². The lowest BCUT2D eigenvalue weighted by Gasteiger charge is -1.97. The van der Waals surface area contributed by atoms with Gasteiger partial charge < -0.3 is 4.42 Å². The molecule has 0 fully saturated rings. The average Bonchev–Trinajstić information content (AvgIpc) is 2.60. The Kier molecular flexibility index (Phi) is 4.63. The Labute approximate surface area is 121 Å². The van der Waals surface area contributed by atoms with Gasteiger partial charge in [-0.1, -0.05) is 54.6 Å². The van der Waals surface area contributed by atoms with Crippen molar-refractivity contribution in [3.63, 3.8) is 0 Å². The van der Waals surface area contributed by atoms with E-state index in [0.717, 1.165) is 11.1 Å². The molecule has 0 atom stereocenters. The lowest BCUT2D eigenvalue weighted by atomic mass is 10.0. The van der Waals surface area contributed by atoms with Gasteiger partial charge in [0.2, 0.25) is 0 Å². The van der Waals surface area contributed by atoms with Gasteiger partial charge in [0.25, 0.3) is 0 Å². The average molecular weight is 302 g/mol. The second kappa shape index (κ2) is 6.62. The van der Waals surface area contributed by atoms with E-state index < -0.39 is 10.6 Å². The molecule has 1 aromatic rings. The van der Waals surface area contributed by atoms with Crippen LogP contribution >= 0.6 is 0 Å². The summed E-state index contributed by atoms with van der Waals surface area (Å²) in [6.07, 6.45) is 0. The van der Waals surface area contributed by atoms with E-state index in [1.165, 1.54) is 0 Å². The van der Waals surface area contributed by atoms with Gasteiger partial charge in [-0.15, -0.1) is 12.6 Å². The Balaban J connectivity index is 0.000000361. The van der Waals surface area contributed by atoms with Crippen molar-refractivity contribution in [3.8, 4) is 22.5 Å². The molecule has 6 heteroatoms. The molecule has 1 aliphatic carbocycles. The number of hydrogen-bond acceptors (Lipinski definition) is 5. The first-order valence-corrected chi connectivity index (χ1v) is 6.93. The van der Waals surface area contributed by atoms with Crippen LogP contribution in [0.5, 0.6) is 0 Å². The second-order valence-corrected chi connectivity index (χ2v) is 4.43. The third kappa shape index (κ3) is 3.64. The molecule has 0 radical (unpaired) electrons. The maximum absolute atomic E-state index is 11.9. The zero-order valence-corrected chi connectivity index (χ0v) is 11.5. The van der Waals surface area contributed by atoms with Crippen LogP contribution in [0.2, 0.25) is 0 Å². The molecule has 0 spiro atoms. The normalized spacial score (nSPS) is 9.71. The lowest BCUT2D eigenvalue weighted by Crippen LogP contribution is -1.95. The molecular formula is C15H10O5S. The van der Waals surface area contributed by atoms with E-state index in [4.69, 9.17) is 17.0 Å². The molecule has 0 bridgehead atoms. The molecule has 0 N–H and O–H groups in total. The predicted molar refractivity (Wildman–Crippen MR) is 76.7 cm³/mol. The molecule has 0 amide bonds. The van der Waals surface area contributed by atoms with E-state index in [2.05, 4.69) is 0 Å². The van der Waals surface area contributed by atoms with E-state index in [0.29, 0.717) is 11.3 Å². The first-order chi connectivity index (χ1) is 10.1. The Bertz CT molecular complexity index is 860. The van der Waals surface area contributed by atoms with Gasteiger partial charge >= 0.3 is 16.2 Å². The summed E-state index contributed by atoms with van der Waals surface area (Å²) in [5.74, 6) is 0.624. The van der Waals surface area contributed by atoms with Crippen LogP contribution < -0.4 is 5.63 Å². The Morgan fingerprint density at radius 3 is 1.90 bits per heavy atom. The molecule has 1 aromatic carbocycles. The zero-order chi connectivity index (χ0) is 15.2. The Morgan fingerprint density at radius 1 is 0.762 bits per heavy atom. The molecule has 3 rings (SSSR count). The van der Waals surface area contributed by atoms with E-state index in [1.807, 2.05) is 60.7 Å². The minimum Gasteiger partial charge on any atom is -0.422 e. The quantitative estimate of drug-likeness (QED) is 0.689. The minimum absolute atomic E-state index is 0.280. The fraction of sp³-hybridized carbons (Fsp3) is 0. The van der Waals surface area contributed by atoms with E-state index in [1.54, 1.807) is 0 Å². The van der Waals surface area contributed by atoms with Crippen LogP contribution in [0.4, 0.5) is 0 Å². The predicted octanol–water partition coefficient (Wildman–Crippen LogP) is 2.41. The van der Waals surface area contributed by atoms with Crippen LogP contribution in [0.25, 0.3) is 22.5 Å². The lowest BCUT2D eigenvalue weighted by molar-refractivity contribution is 0.546. The highest BCUT2D eigenvalue weighted by Crippen LogP contribution is 2.30. The number of furan rings is 1. The monoisotopic (exact) mass is 302 g/mol. The molecule has 1 heterocycles. The first-order valence-electron chi connectivity index (χ1n) is 5.93. The molecule has 0 aromatic heterocycles. The summed E-state index contributed by atoms with van der Waals surface area (Å²) in [5, 5.41) is 0. The fourth-order valence-electron chi connectivity index (χ4n) is 1.97. The SMILES string of the molecule is O=S(=O)=O.O=c1oc2cccccc-2c1-c1ccccc1. The van der Waals surface area contributed by atoms with Crippen molar-refractivity contribution in [1.29, 1.82) is 0 Å². The second-order valence-electron chi connectivity index (χ2n) is 4.02. The molecule has 2 aliphatic rings. The van der Waals surface area contributed by atoms with Crippen LogP contribution in [0.15, 0.2) is 69.9 Å². The maximum Gasteiger partial charge on any atom is 0.425 e. The highest BCUT2D eigenvalue weighted by atomic mass is 32.2. The van der Waals surface area contributed by atoms with E-state index in [-0.39, 0.29) is 5.63 Å². The van der Waals surface area contributed by atoms with Gasteiger partial charge in [0, 0.05) is 5.56 Å². The largest absolute Gasteiger partial charge is 0.425 e. The van der Waals surface area contributed by atoms with E-state index >= 15 is 0 Å². The molecule has 5 nitrogen and oxygen atoms in total. The summed E-state index contributed by atoms with van der Waals surface area (Å²) in [5.41, 5.74) is 2.10. The molecular weight excluding hydrogens is 292 g/mol. The van der Waals surface area contributed by atoms with E-state index in [9.17, 15) is 4.79 Å². The maximum atomic E-state index is 11.9. The van der Waals surface area contributed by atoms with Crippen molar-refractivity contribution in [2.75, 3.05) is 0 Å². The Morgan fingerprint density at radius 2 is 1.29 bits per heavy atom. The van der Waals surface area contributed by atoms with Gasteiger partial charge in [0.05, 0.1) is 5.56 Å². The molecule has 21 heavy (non-hydrogen) atoms. The van der Waals surface area contributed by atoms with Gasteiger partial charge in [-0.05, 0) is 11.6 Å². The highest BCUT2D eigenvalue weighted by molar-refractivity contribution is 7.59. The number of rotatable bonds is 1. The first kappa shape index (κ1) is 14.7. The zero-order valence-electron chi connectivity index (χ0n) is 10.7. The molecule has 0 unspecified atom stereocenters. The number of benzene rings is 1. The molecule has 0 saturated heterocycles. The van der Waals surface area contributed by atoms with Gasteiger partial charge in [-0.2, -0.15) is 0 Å². The molecule has 106 valence electrons. The van der Waals surface area contributed by atoms with Gasteiger partial charge in [0.1, 0.15) is 5.76 Å². The van der Waals surface area contributed by atoms with Crippen LogP contribution in [0.3, 0.4) is 0 Å². The highest BCUT2D eigenvalue weighted by Gasteiger charge is 2.17. The third-order valence-corrected chi connectivity index (χ3v) is 2.74. The van der Waals surface area contributed by atoms with Gasteiger partial charge in [-0.3, -0.25) is 0 Å². The summed E-state index contributed by atoms with van der Waals surface area (Å²) >= 11 is 0.